The maximum atomic E-state index is 12.9. The number of aliphatic carboxylic acids is 2. The number of unbranched alkanes of at least 4 members (excludes halogenated alkanes) is 2. The molecule has 6 N–H and O–H groups in total. The average molecular weight is 602 g/mol. The van der Waals surface area contributed by atoms with E-state index in [4.69, 9.17) is 14.6 Å². The highest BCUT2D eigenvalue weighted by Crippen LogP contribution is 2.28. The summed E-state index contributed by atoms with van der Waals surface area (Å²) in [5.74, 6) is -3.26. The Bertz CT molecular complexity index is 1260. The van der Waals surface area contributed by atoms with Gasteiger partial charge >= 0.3 is 18.0 Å². The lowest BCUT2D eigenvalue weighted by Crippen LogP contribution is -2.53. The average Bonchev–Trinajstić information content (AvgIpc) is 3.46. The second kappa shape index (κ2) is 17.8. The van der Waals surface area contributed by atoms with Gasteiger partial charge in [-0.1, -0.05) is 32.1 Å². The summed E-state index contributed by atoms with van der Waals surface area (Å²) >= 11 is 0. The van der Waals surface area contributed by atoms with Crippen LogP contribution in [0.3, 0.4) is 0 Å². The molecule has 2 aromatic rings. The lowest BCUT2D eigenvalue weighted by molar-refractivity contribution is -0.147. The molecule has 3 amide bonds. The molecule has 234 valence electrons. The fourth-order valence-electron chi connectivity index (χ4n) is 3.86. The summed E-state index contributed by atoms with van der Waals surface area (Å²) < 4.78 is 10.7. The van der Waals surface area contributed by atoms with E-state index in [9.17, 15) is 29.1 Å². The number of carbonyl (C=O) groups is 5. The molecule has 1 aromatic heterocycles. The molecule has 2 atom stereocenters. The predicted octanol–water partition coefficient (Wildman–Crippen LogP) is 2.55. The molecule has 1 heterocycles. The van der Waals surface area contributed by atoms with Gasteiger partial charge in [-0.15, -0.1) is 0 Å². The van der Waals surface area contributed by atoms with Crippen LogP contribution in [0.25, 0.3) is 0 Å². The van der Waals surface area contributed by atoms with E-state index in [0.717, 1.165) is 19.3 Å². The van der Waals surface area contributed by atoms with Gasteiger partial charge in [0.2, 0.25) is 11.8 Å². The van der Waals surface area contributed by atoms with Crippen LogP contribution in [0.15, 0.2) is 42.9 Å². The van der Waals surface area contributed by atoms with E-state index in [1.165, 1.54) is 25.7 Å². The summed E-state index contributed by atoms with van der Waals surface area (Å²) in [5, 5.41) is 25.6. The van der Waals surface area contributed by atoms with Gasteiger partial charge in [0, 0.05) is 31.3 Å². The zero-order valence-electron chi connectivity index (χ0n) is 24.4. The Kier molecular flexibility index (Phi) is 14.2. The summed E-state index contributed by atoms with van der Waals surface area (Å²) in [6.07, 6.45) is 8.04. The summed E-state index contributed by atoms with van der Waals surface area (Å²) in [6, 6.07) is 1.65. The smallest absolute Gasteiger partial charge is 0.413 e. The van der Waals surface area contributed by atoms with Gasteiger partial charge in [-0.3, -0.25) is 14.4 Å². The molecule has 0 unspecified atom stereocenters. The van der Waals surface area contributed by atoms with Crippen LogP contribution in [0, 0.1) is 5.92 Å². The van der Waals surface area contributed by atoms with Crippen molar-refractivity contribution in [1.82, 2.24) is 25.9 Å². The quantitative estimate of drug-likeness (QED) is 0.109. The van der Waals surface area contributed by atoms with E-state index in [-0.39, 0.29) is 30.4 Å². The maximum absolute atomic E-state index is 12.9. The first-order valence-corrected chi connectivity index (χ1v) is 13.8. The van der Waals surface area contributed by atoms with Gasteiger partial charge in [-0.25, -0.2) is 14.6 Å². The van der Waals surface area contributed by atoms with E-state index in [2.05, 4.69) is 51.9 Å². The van der Waals surface area contributed by atoms with Crippen molar-refractivity contribution >= 4 is 29.8 Å². The van der Waals surface area contributed by atoms with E-state index in [0.29, 0.717) is 23.6 Å². The number of hydrogen-bond donors (Lipinski definition) is 6. The van der Waals surface area contributed by atoms with Crippen LogP contribution in [0.4, 0.5) is 4.79 Å². The summed E-state index contributed by atoms with van der Waals surface area (Å²) in [7, 11) is 1.37. The first-order valence-electron chi connectivity index (χ1n) is 13.8. The molecule has 0 radical (unpaired) electrons. The molecule has 0 fully saturated rings. The number of carboxylic acids is 2. The van der Waals surface area contributed by atoms with Gasteiger partial charge in [-0.05, 0) is 42.9 Å². The van der Waals surface area contributed by atoms with E-state index in [1.807, 2.05) is 0 Å². The molecular formula is C29H39N5O9. The van der Waals surface area contributed by atoms with Crippen LogP contribution in [-0.4, -0.2) is 69.2 Å². The molecule has 0 aliphatic carbocycles. The molecule has 0 saturated carbocycles. The van der Waals surface area contributed by atoms with E-state index in [1.54, 1.807) is 12.1 Å². The second-order valence-corrected chi connectivity index (χ2v) is 10.0. The zero-order chi connectivity index (χ0) is 31.8. The van der Waals surface area contributed by atoms with E-state index >= 15 is 0 Å². The lowest BCUT2D eigenvalue weighted by atomic mass is 10.1. The zero-order valence-corrected chi connectivity index (χ0v) is 24.4. The highest BCUT2D eigenvalue weighted by atomic mass is 16.6. The molecule has 0 saturated heterocycles. The number of benzene rings is 1. The topological polar surface area (TPSA) is 209 Å². The number of nitrogens with zero attached hydrogens (tertiary/aromatic N) is 1. The van der Waals surface area contributed by atoms with Crippen LogP contribution in [0.2, 0.25) is 0 Å². The predicted molar refractivity (Wildman–Crippen MR) is 154 cm³/mol. The number of aromatic nitrogens is 2. The van der Waals surface area contributed by atoms with Crippen LogP contribution < -0.4 is 25.4 Å². The third kappa shape index (κ3) is 13.1. The number of amides is 3. The van der Waals surface area contributed by atoms with Gasteiger partial charge in [0.1, 0.15) is 12.1 Å². The molecule has 14 nitrogen and oxygen atoms in total. The molecule has 0 bridgehead atoms. The summed E-state index contributed by atoms with van der Waals surface area (Å²) in [6.45, 7) is 4.46. The highest BCUT2D eigenvalue weighted by molar-refractivity contribution is 5.91. The first kappa shape index (κ1) is 34.3. The Morgan fingerprint density at radius 1 is 1.05 bits per heavy atom. The summed E-state index contributed by atoms with van der Waals surface area (Å²) in [4.78, 5) is 66.9. The molecular weight excluding hydrogens is 562 g/mol. The Morgan fingerprint density at radius 2 is 1.81 bits per heavy atom. The number of rotatable bonds is 18. The third-order valence-electron chi connectivity index (χ3n) is 6.05. The molecule has 0 aliphatic rings. The number of H-pyrrole nitrogens is 1. The van der Waals surface area contributed by atoms with Crippen LogP contribution in [0.5, 0.6) is 11.5 Å². The number of carbonyl (C=O) groups excluding carboxylic acids is 3. The van der Waals surface area contributed by atoms with E-state index < -0.39 is 42.4 Å². The third-order valence-corrected chi connectivity index (χ3v) is 6.05. The standard InChI is InChI=1S/C29H39N5O9/c1-18(2)8-6-4-5-7-9-25(35)31-15-19-10-11-23(24(12-19)42-3)43-29(41)34-21(13-20-16-30-17-32-20)27(38)33-22(28(39)40)14-26(36)37/h6,8,10-12,16-18,21-22H,4-5,7,9,13-15H2,1-3H3,(H,30,32)(H,31,35)(H,33,38)(H,34,41)(H,36,37)(H,39,40)/b8-6+/t21-,22-/m0/s1. The Hall–Kier alpha value is -4.88. The van der Waals surface area contributed by atoms with Gasteiger partial charge in [-0.2, -0.15) is 0 Å². The molecule has 0 spiro atoms. The Morgan fingerprint density at radius 3 is 2.44 bits per heavy atom. The number of carboxylic acid groups (broad SMARTS) is 2. The highest BCUT2D eigenvalue weighted by Gasteiger charge is 2.29. The van der Waals surface area contributed by atoms with Crippen molar-refractivity contribution in [1.29, 1.82) is 0 Å². The van der Waals surface area contributed by atoms with Crippen molar-refractivity contribution in [2.45, 2.75) is 71.0 Å². The van der Waals surface area contributed by atoms with Gasteiger partial charge in [0.25, 0.3) is 0 Å². The first-order chi connectivity index (χ1) is 20.5. The van der Waals surface area contributed by atoms with Crippen molar-refractivity contribution in [3.8, 4) is 11.5 Å². The fourth-order valence-corrected chi connectivity index (χ4v) is 3.86. The SMILES string of the molecule is COc1cc(CNC(=O)CCCC/C=C/C(C)C)ccc1OC(=O)N[C@@H](Cc1cnc[nH]1)C(=O)N[C@@H](CC(=O)O)C(=O)O. The van der Waals surface area contributed by atoms with Gasteiger partial charge in [0.15, 0.2) is 11.5 Å². The maximum Gasteiger partial charge on any atom is 0.413 e. The van der Waals surface area contributed by atoms with Crippen molar-refractivity contribution in [3.63, 3.8) is 0 Å². The minimum atomic E-state index is -1.72. The van der Waals surface area contributed by atoms with Gasteiger partial charge in [0.05, 0.1) is 19.9 Å². The monoisotopic (exact) mass is 601 g/mol. The normalized spacial score (nSPS) is 12.4. The number of ether oxygens (including phenoxy) is 2. The Balaban J connectivity index is 1.98. The van der Waals surface area contributed by atoms with Crippen molar-refractivity contribution in [3.05, 3.63) is 54.1 Å². The van der Waals surface area contributed by atoms with Crippen LogP contribution >= 0.6 is 0 Å². The number of hydrogen-bond acceptors (Lipinski definition) is 8. The minimum absolute atomic E-state index is 0.0273. The number of allylic oxidation sites excluding steroid dienone is 2. The molecule has 43 heavy (non-hydrogen) atoms. The van der Waals surface area contributed by atoms with Crippen molar-refractivity contribution < 1.29 is 43.7 Å². The molecule has 0 aliphatic heterocycles. The van der Waals surface area contributed by atoms with Crippen LogP contribution in [0.1, 0.15) is 57.2 Å². The molecule has 14 heteroatoms. The number of methoxy groups -OCH3 is 1. The van der Waals surface area contributed by atoms with Crippen molar-refractivity contribution in [2.75, 3.05) is 7.11 Å². The molecule has 1 aromatic carbocycles. The van der Waals surface area contributed by atoms with Crippen LogP contribution in [-0.2, 0) is 32.1 Å². The minimum Gasteiger partial charge on any atom is -0.493 e. The summed E-state index contributed by atoms with van der Waals surface area (Å²) in [5.41, 5.74) is 1.14. The van der Waals surface area contributed by atoms with Crippen molar-refractivity contribution in [2.24, 2.45) is 5.92 Å². The number of aromatic amines is 1. The Labute approximate surface area is 249 Å². The number of nitrogens with one attached hydrogen (secondary N) is 4. The second-order valence-electron chi connectivity index (χ2n) is 10.0. The largest absolute Gasteiger partial charge is 0.493 e. The fraction of sp³-hybridized carbons (Fsp3) is 0.448. The number of imidazole rings is 1. The lowest BCUT2D eigenvalue weighted by Gasteiger charge is -2.20. The molecule has 2 rings (SSSR count). The van der Waals surface area contributed by atoms with Gasteiger partial charge < -0.3 is 40.6 Å².